The first-order valence-corrected chi connectivity index (χ1v) is 5.32. The lowest BCUT2D eigenvalue weighted by Crippen LogP contribution is -2.27. The van der Waals surface area contributed by atoms with Gasteiger partial charge in [0.25, 0.3) is 0 Å². The van der Waals surface area contributed by atoms with Crippen molar-refractivity contribution in [3.8, 4) is 0 Å². The van der Waals surface area contributed by atoms with E-state index in [0.717, 1.165) is 19.3 Å². The van der Waals surface area contributed by atoms with E-state index < -0.39 is 5.60 Å². The molecule has 0 aliphatic heterocycles. The Kier molecular flexibility index (Phi) is 2.61. The Morgan fingerprint density at radius 1 is 1.47 bits per heavy atom. The molecule has 0 unspecified atom stereocenters. The summed E-state index contributed by atoms with van der Waals surface area (Å²) in [5, 5.41) is 13.9. The highest BCUT2D eigenvalue weighted by Crippen LogP contribution is 2.37. The maximum Gasteiger partial charge on any atom is 0.181 e. The molecule has 82 valence electrons. The van der Waals surface area contributed by atoms with Crippen LogP contribution in [-0.4, -0.2) is 16.0 Å². The third kappa shape index (κ3) is 1.95. The zero-order valence-electron chi connectivity index (χ0n) is 8.82. The lowest BCUT2D eigenvalue weighted by Gasteiger charge is -2.29. The molecule has 0 aromatic carbocycles. The average molecular weight is 209 g/mol. The Bertz CT molecular complexity index is 364. The summed E-state index contributed by atoms with van der Waals surface area (Å²) in [6.07, 6.45) is 4.52. The second-order valence-corrected chi connectivity index (χ2v) is 4.22. The van der Waals surface area contributed by atoms with Gasteiger partial charge in [0.2, 0.25) is 0 Å². The number of aromatic nitrogens is 1. The van der Waals surface area contributed by atoms with Gasteiger partial charge in [-0.2, -0.15) is 0 Å². The van der Waals surface area contributed by atoms with Crippen LogP contribution in [0.4, 0.5) is 0 Å². The molecule has 1 aromatic rings. The Morgan fingerprint density at radius 2 is 2.13 bits per heavy atom. The minimum atomic E-state index is -0.904. The van der Waals surface area contributed by atoms with Crippen LogP contribution in [-0.2, 0) is 5.60 Å². The zero-order valence-corrected chi connectivity index (χ0v) is 8.82. The summed E-state index contributed by atoms with van der Waals surface area (Å²) in [7, 11) is 0. The molecule has 1 N–H and O–H groups in total. The number of carbonyl (C=O) groups is 1. The van der Waals surface area contributed by atoms with Gasteiger partial charge in [0.1, 0.15) is 11.3 Å². The van der Waals surface area contributed by atoms with Crippen LogP contribution < -0.4 is 0 Å². The van der Waals surface area contributed by atoms with Gasteiger partial charge < -0.3 is 9.63 Å². The SMILES string of the molecule is CC(=O)c1cc(C2(O)CCCCC2)on1. The van der Waals surface area contributed by atoms with E-state index in [4.69, 9.17) is 4.52 Å². The number of rotatable bonds is 2. The van der Waals surface area contributed by atoms with Crippen LogP contribution >= 0.6 is 0 Å². The Morgan fingerprint density at radius 3 is 2.67 bits per heavy atom. The van der Waals surface area contributed by atoms with E-state index in [-0.39, 0.29) is 5.78 Å². The largest absolute Gasteiger partial charge is 0.382 e. The number of carbonyl (C=O) groups excluding carboxylic acids is 1. The van der Waals surface area contributed by atoms with Crippen molar-refractivity contribution in [2.75, 3.05) is 0 Å². The van der Waals surface area contributed by atoms with Crippen LogP contribution in [0.1, 0.15) is 55.3 Å². The van der Waals surface area contributed by atoms with Gasteiger partial charge in [-0.1, -0.05) is 24.4 Å². The molecule has 1 aliphatic rings. The highest BCUT2D eigenvalue weighted by atomic mass is 16.5. The first-order chi connectivity index (χ1) is 7.12. The van der Waals surface area contributed by atoms with Crippen LogP contribution in [0, 0.1) is 0 Å². The number of hydrogen-bond donors (Lipinski definition) is 1. The molecule has 0 radical (unpaired) electrons. The lowest BCUT2D eigenvalue weighted by molar-refractivity contribution is -0.0241. The zero-order chi connectivity index (χ0) is 10.9. The Balaban J connectivity index is 2.23. The summed E-state index contributed by atoms with van der Waals surface area (Å²) in [5.41, 5.74) is -0.608. The number of ketones is 1. The van der Waals surface area contributed by atoms with Crippen LogP contribution in [0.5, 0.6) is 0 Å². The van der Waals surface area contributed by atoms with Gasteiger partial charge in [-0.15, -0.1) is 0 Å². The molecule has 15 heavy (non-hydrogen) atoms. The van der Waals surface area contributed by atoms with Crippen molar-refractivity contribution in [1.29, 1.82) is 0 Å². The van der Waals surface area contributed by atoms with Crippen molar-refractivity contribution >= 4 is 5.78 Å². The second-order valence-electron chi connectivity index (χ2n) is 4.22. The number of aliphatic hydroxyl groups is 1. The highest BCUT2D eigenvalue weighted by molar-refractivity contribution is 5.91. The van der Waals surface area contributed by atoms with Gasteiger partial charge in [-0.05, 0) is 12.8 Å². The molecule has 4 nitrogen and oxygen atoms in total. The lowest BCUT2D eigenvalue weighted by atomic mass is 9.83. The fourth-order valence-corrected chi connectivity index (χ4v) is 2.04. The number of Topliss-reactive ketones (excluding diaryl/α,β-unsaturated/α-hetero) is 1. The van der Waals surface area contributed by atoms with E-state index in [9.17, 15) is 9.90 Å². The van der Waals surface area contributed by atoms with Crippen LogP contribution in [0.3, 0.4) is 0 Å². The van der Waals surface area contributed by atoms with Gasteiger partial charge in [0.05, 0.1) is 0 Å². The van der Waals surface area contributed by atoms with Crippen LogP contribution in [0.2, 0.25) is 0 Å². The first kappa shape index (κ1) is 10.4. The van der Waals surface area contributed by atoms with Gasteiger partial charge in [0, 0.05) is 13.0 Å². The normalized spacial score (nSPS) is 20.1. The number of nitrogens with zero attached hydrogens (tertiary/aromatic N) is 1. The molecule has 1 saturated carbocycles. The standard InChI is InChI=1S/C11H15NO3/c1-8(13)9-7-10(15-12-9)11(14)5-3-2-4-6-11/h7,14H,2-6H2,1H3. The van der Waals surface area contributed by atoms with E-state index in [2.05, 4.69) is 5.16 Å². The summed E-state index contributed by atoms with van der Waals surface area (Å²) in [6, 6.07) is 1.56. The second kappa shape index (κ2) is 3.77. The molecule has 1 heterocycles. The van der Waals surface area contributed by atoms with Crippen molar-refractivity contribution < 1.29 is 14.4 Å². The van der Waals surface area contributed by atoms with E-state index in [1.807, 2.05) is 0 Å². The smallest absolute Gasteiger partial charge is 0.181 e. The fourth-order valence-electron chi connectivity index (χ4n) is 2.04. The summed E-state index contributed by atoms with van der Waals surface area (Å²) < 4.78 is 5.05. The summed E-state index contributed by atoms with van der Waals surface area (Å²) in [5.74, 6) is 0.303. The van der Waals surface area contributed by atoms with Gasteiger partial charge >= 0.3 is 0 Å². The van der Waals surface area contributed by atoms with Crippen molar-refractivity contribution in [1.82, 2.24) is 5.16 Å². The topological polar surface area (TPSA) is 63.3 Å². The third-order valence-electron chi connectivity index (χ3n) is 3.01. The van der Waals surface area contributed by atoms with E-state index >= 15 is 0 Å². The minimum absolute atomic E-state index is 0.135. The quantitative estimate of drug-likeness (QED) is 0.757. The van der Waals surface area contributed by atoms with E-state index in [0.29, 0.717) is 24.3 Å². The molecule has 0 bridgehead atoms. The molecule has 0 spiro atoms. The minimum Gasteiger partial charge on any atom is -0.382 e. The van der Waals surface area contributed by atoms with Crippen molar-refractivity contribution in [3.63, 3.8) is 0 Å². The Labute approximate surface area is 88.3 Å². The predicted molar refractivity (Wildman–Crippen MR) is 53.5 cm³/mol. The maximum atomic E-state index is 11.0. The van der Waals surface area contributed by atoms with Crippen molar-refractivity contribution in [3.05, 3.63) is 17.5 Å². The molecule has 2 rings (SSSR count). The summed E-state index contributed by atoms with van der Waals surface area (Å²) in [4.78, 5) is 11.0. The van der Waals surface area contributed by atoms with Crippen LogP contribution in [0.15, 0.2) is 10.6 Å². The van der Waals surface area contributed by atoms with E-state index in [1.54, 1.807) is 6.07 Å². The Hall–Kier alpha value is -1.16. The molecule has 1 aliphatic carbocycles. The molecule has 1 aromatic heterocycles. The van der Waals surface area contributed by atoms with Gasteiger partial charge in [-0.25, -0.2) is 0 Å². The summed E-state index contributed by atoms with van der Waals surface area (Å²) in [6.45, 7) is 1.44. The molecule has 0 saturated heterocycles. The van der Waals surface area contributed by atoms with Crippen molar-refractivity contribution in [2.45, 2.75) is 44.6 Å². The van der Waals surface area contributed by atoms with Gasteiger partial charge in [-0.3, -0.25) is 4.79 Å². The maximum absolute atomic E-state index is 11.0. The van der Waals surface area contributed by atoms with Crippen LogP contribution in [0.25, 0.3) is 0 Å². The molecular weight excluding hydrogens is 194 g/mol. The molecule has 1 fully saturated rings. The third-order valence-corrected chi connectivity index (χ3v) is 3.01. The average Bonchev–Trinajstić information content (AvgIpc) is 2.68. The predicted octanol–water partition coefficient (Wildman–Crippen LogP) is 2.03. The molecule has 0 atom stereocenters. The van der Waals surface area contributed by atoms with E-state index in [1.165, 1.54) is 6.92 Å². The monoisotopic (exact) mass is 209 g/mol. The highest BCUT2D eigenvalue weighted by Gasteiger charge is 2.35. The molecule has 0 amide bonds. The molecule has 4 heteroatoms. The fraction of sp³-hybridized carbons (Fsp3) is 0.636. The van der Waals surface area contributed by atoms with Crippen molar-refractivity contribution in [2.24, 2.45) is 0 Å². The summed E-state index contributed by atoms with van der Waals surface area (Å²) >= 11 is 0. The number of hydrogen-bond acceptors (Lipinski definition) is 4. The molecular formula is C11H15NO3. The van der Waals surface area contributed by atoms with Gasteiger partial charge in [0.15, 0.2) is 11.5 Å². The first-order valence-electron chi connectivity index (χ1n) is 5.32.